The minimum absolute atomic E-state index is 0.0412. The van der Waals surface area contributed by atoms with Crippen molar-refractivity contribution in [2.45, 2.75) is 23.6 Å². The second kappa shape index (κ2) is 6.05. The maximum absolute atomic E-state index is 12.1. The summed E-state index contributed by atoms with van der Waals surface area (Å²) in [4.78, 5) is 0. The molecule has 0 saturated carbocycles. The summed E-state index contributed by atoms with van der Waals surface area (Å²) in [5, 5.41) is 1.79. The average molecular weight is 279 g/mol. The number of nitrogens with zero attached hydrogens (tertiary/aromatic N) is 1. The first kappa shape index (κ1) is 14.0. The smallest absolute Gasteiger partial charge is 0.206 e. The Bertz CT molecular complexity index is 400. The van der Waals surface area contributed by atoms with E-state index in [1.807, 2.05) is 13.2 Å². The lowest BCUT2D eigenvalue weighted by molar-refractivity contribution is 0.383. The minimum Gasteiger partial charge on any atom is -0.206 e. The maximum atomic E-state index is 12.1. The zero-order valence-corrected chi connectivity index (χ0v) is 12.2. The molecule has 1 aromatic heterocycles. The highest BCUT2D eigenvalue weighted by atomic mass is 32.2. The molecular formula is C10H17NO2S3. The molecule has 0 amide bonds. The second-order valence-corrected chi connectivity index (χ2v) is 7.74. The van der Waals surface area contributed by atoms with Crippen molar-refractivity contribution in [2.75, 3.05) is 19.1 Å². The fraction of sp³-hybridized carbons (Fsp3) is 0.600. The van der Waals surface area contributed by atoms with Gasteiger partial charge >= 0.3 is 0 Å². The van der Waals surface area contributed by atoms with Crippen LogP contribution in [0.25, 0.3) is 0 Å². The molecule has 92 valence electrons. The standard InChI is InChI=1S/C10H17NO2S3/c1-9(6-8-14-3)11(2)16(12,13)10-5-4-7-15-10/h4-5,7,9H,6,8H2,1-3H3/t9-/m0/s1. The average Bonchev–Trinajstić information content (AvgIpc) is 2.78. The van der Waals surface area contributed by atoms with Gasteiger partial charge in [0.15, 0.2) is 0 Å². The predicted octanol–water partition coefficient (Wildman–Crippen LogP) is 2.51. The van der Waals surface area contributed by atoms with Crippen LogP contribution in [0.2, 0.25) is 0 Å². The van der Waals surface area contributed by atoms with Gasteiger partial charge in [-0.05, 0) is 36.8 Å². The van der Waals surface area contributed by atoms with Crippen molar-refractivity contribution in [1.29, 1.82) is 0 Å². The molecule has 0 saturated heterocycles. The lowest BCUT2D eigenvalue weighted by Gasteiger charge is -2.23. The van der Waals surface area contributed by atoms with Gasteiger partial charge in [-0.2, -0.15) is 16.1 Å². The van der Waals surface area contributed by atoms with Crippen LogP contribution in [0.4, 0.5) is 0 Å². The molecule has 0 N–H and O–H groups in total. The molecule has 0 fully saturated rings. The van der Waals surface area contributed by atoms with Gasteiger partial charge in [-0.25, -0.2) is 8.42 Å². The highest BCUT2D eigenvalue weighted by molar-refractivity contribution is 7.98. The van der Waals surface area contributed by atoms with Crippen molar-refractivity contribution in [2.24, 2.45) is 0 Å². The molecule has 0 radical (unpaired) electrons. The fourth-order valence-corrected chi connectivity index (χ4v) is 4.40. The Hall–Kier alpha value is -0.0400. The first-order valence-corrected chi connectivity index (χ1v) is 8.72. The Labute approximate surface area is 106 Å². The molecule has 0 unspecified atom stereocenters. The molecule has 0 aliphatic carbocycles. The molecule has 0 aromatic carbocycles. The lowest BCUT2D eigenvalue weighted by atomic mass is 10.3. The summed E-state index contributed by atoms with van der Waals surface area (Å²) in [6, 6.07) is 3.45. The van der Waals surface area contributed by atoms with Gasteiger partial charge in [0.2, 0.25) is 0 Å². The van der Waals surface area contributed by atoms with Crippen LogP contribution in [0.1, 0.15) is 13.3 Å². The van der Waals surface area contributed by atoms with Crippen LogP contribution in [-0.4, -0.2) is 37.8 Å². The molecule has 1 rings (SSSR count). The number of thiophene rings is 1. The first-order valence-electron chi connectivity index (χ1n) is 5.00. The number of hydrogen-bond acceptors (Lipinski definition) is 4. The van der Waals surface area contributed by atoms with Crippen molar-refractivity contribution in [3.8, 4) is 0 Å². The van der Waals surface area contributed by atoms with Crippen LogP contribution >= 0.6 is 23.1 Å². The highest BCUT2D eigenvalue weighted by Crippen LogP contribution is 2.22. The van der Waals surface area contributed by atoms with Gasteiger partial charge in [-0.15, -0.1) is 11.3 Å². The van der Waals surface area contributed by atoms with Gasteiger partial charge in [-0.1, -0.05) is 6.07 Å². The van der Waals surface area contributed by atoms with Crippen LogP contribution < -0.4 is 0 Å². The highest BCUT2D eigenvalue weighted by Gasteiger charge is 2.25. The molecule has 0 spiro atoms. The van der Waals surface area contributed by atoms with Crippen LogP contribution in [0, 0.1) is 0 Å². The summed E-state index contributed by atoms with van der Waals surface area (Å²) in [6.45, 7) is 1.95. The van der Waals surface area contributed by atoms with Crippen LogP contribution in [0.3, 0.4) is 0 Å². The number of hydrogen-bond donors (Lipinski definition) is 0. The van der Waals surface area contributed by atoms with Gasteiger partial charge < -0.3 is 0 Å². The normalized spacial score (nSPS) is 14.2. The van der Waals surface area contributed by atoms with E-state index in [0.717, 1.165) is 12.2 Å². The number of sulfonamides is 1. The summed E-state index contributed by atoms with van der Waals surface area (Å²) < 4.78 is 26.1. The first-order chi connectivity index (χ1) is 7.50. The molecule has 0 aliphatic rings. The molecule has 6 heteroatoms. The van der Waals surface area contributed by atoms with Gasteiger partial charge in [0, 0.05) is 13.1 Å². The topological polar surface area (TPSA) is 37.4 Å². The SMILES string of the molecule is CSCC[C@H](C)N(C)S(=O)(=O)c1cccs1. The summed E-state index contributed by atoms with van der Waals surface area (Å²) in [6.07, 6.45) is 2.91. The Morgan fingerprint density at radius 1 is 1.56 bits per heavy atom. The minimum atomic E-state index is -3.28. The van der Waals surface area contributed by atoms with Crippen molar-refractivity contribution in [1.82, 2.24) is 4.31 Å². The quantitative estimate of drug-likeness (QED) is 0.803. The van der Waals surface area contributed by atoms with Crippen LogP contribution in [0.5, 0.6) is 0 Å². The second-order valence-electron chi connectivity index (χ2n) is 3.58. The fourth-order valence-electron chi connectivity index (χ4n) is 1.26. The maximum Gasteiger partial charge on any atom is 0.252 e. The molecule has 1 aromatic rings. The van der Waals surface area contributed by atoms with Gasteiger partial charge in [-0.3, -0.25) is 0 Å². The largest absolute Gasteiger partial charge is 0.252 e. The Morgan fingerprint density at radius 2 is 2.25 bits per heavy atom. The Balaban J connectivity index is 2.77. The number of thioether (sulfide) groups is 1. The van der Waals surface area contributed by atoms with E-state index in [2.05, 4.69) is 0 Å². The summed E-state index contributed by atoms with van der Waals surface area (Å²) in [5.74, 6) is 0.978. The van der Waals surface area contributed by atoms with E-state index in [1.54, 1.807) is 36.3 Å². The molecule has 3 nitrogen and oxygen atoms in total. The molecule has 0 aliphatic heterocycles. The van der Waals surface area contributed by atoms with E-state index in [4.69, 9.17) is 0 Å². The predicted molar refractivity (Wildman–Crippen MR) is 71.7 cm³/mol. The van der Waals surface area contributed by atoms with Crippen molar-refractivity contribution < 1.29 is 8.42 Å². The van der Waals surface area contributed by atoms with E-state index >= 15 is 0 Å². The van der Waals surface area contributed by atoms with Crippen molar-refractivity contribution >= 4 is 33.1 Å². The van der Waals surface area contributed by atoms with E-state index < -0.39 is 10.0 Å². The van der Waals surface area contributed by atoms with Crippen LogP contribution in [0.15, 0.2) is 21.7 Å². The summed E-state index contributed by atoms with van der Waals surface area (Å²) >= 11 is 3.00. The van der Waals surface area contributed by atoms with Crippen molar-refractivity contribution in [3.05, 3.63) is 17.5 Å². The lowest BCUT2D eigenvalue weighted by Crippen LogP contribution is -2.35. The third-order valence-electron chi connectivity index (χ3n) is 2.49. The van der Waals surface area contributed by atoms with E-state index in [9.17, 15) is 8.42 Å². The zero-order chi connectivity index (χ0) is 12.2. The molecule has 16 heavy (non-hydrogen) atoms. The molecule has 1 atom stereocenters. The number of rotatable bonds is 6. The molecule has 1 heterocycles. The van der Waals surface area contributed by atoms with Crippen LogP contribution in [-0.2, 0) is 10.0 Å². The third-order valence-corrected chi connectivity index (χ3v) is 6.48. The molecule has 0 bridgehead atoms. The van der Waals surface area contributed by atoms with Gasteiger partial charge in [0.25, 0.3) is 10.0 Å². The van der Waals surface area contributed by atoms with E-state index in [-0.39, 0.29) is 6.04 Å². The Kier molecular flexibility index (Phi) is 5.30. The zero-order valence-electron chi connectivity index (χ0n) is 9.71. The van der Waals surface area contributed by atoms with Crippen molar-refractivity contribution in [3.63, 3.8) is 0 Å². The van der Waals surface area contributed by atoms with E-state index in [1.165, 1.54) is 15.6 Å². The summed E-state index contributed by atoms with van der Waals surface area (Å²) in [5.41, 5.74) is 0. The van der Waals surface area contributed by atoms with Gasteiger partial charge in [0.05, 0.1) is 0 Å². The summed E-state index contributed by atoms with van der Waals surface area (Å²) in [7, 11) is -1.63. The van der Waals surface area contributed by atoms with Gasteiger partial charge in [0.1, 0.15) is 4.21 Å². The molecular weight excluding hydrogens is 262 g/mol. The Morgan fingerprint density at radius 3 is 2.75 bits per heavy atom. The van der Waals surface area contributed by atoms with E-state index in [0.29, 0.717) is 4.21 Å². The monoisotopic (exact) mass is 279 g/mol. The third kappa shape index (κ3) is 3.23.